The van der Waals surface area contributed by atoms with Gasteiger partial charge in [-0.25, -0.2) is 4.39 Å². The molecule has 0 spiro atoms. The number of hydrogen-bond acceptors (Lipinski definition) is 4. The minimum atomic E-state index is -0.506. The van der Waals surface area contributed by atoms with Crippen LogP contribution in [0.4, 0.5) is 15.8 Å². The number of hydrogen-bond donors (Lipinski definition) is 3. The maximum absolute atomic E-state index is 13.1. The van der Waals surface area contributed by atoms with Crippen molar-refractivity contribution in [1.29, 1.82) is 0 Å². The number of benzene rings is 1. The number of carbonyl (C=O) groups is 2. The second kappa shape index (κ2) is 7.58. The SMILES string of the molecule is CC(C)CN(CC(N)=O)CC(=O)Nc1cc(F)ccc1N. The van der Waals surface area contributed by atoms with Crippen LogP contribution in [-0.4, -0.2) is 36.3 Å². The van der Waals surface area contributed by atoms with E-state index in [0.29, 0.717) is 6.54 Å². The Balaban J connectivity index is 2.68. The largest absolute Gasteiger partial charge is 0.397 e. The zero-order chi connectivity index (χ0) is 16.0. The molecule has 1 rings (SSSR count). The smallest absolute Gasteiger partial charge is 0.238 e. The molecule has 5 N–H and O–H groups in total. The number of nitrogen functional groups attached to an aromatic ring is 1. The van der Waals surface area contributed by atoms with Gasteiger partial charge in [0.1, 0.15) is 5.82 Å². The summed E-state index contributed by atoms with van der Waals surface area (Å²) in [7, 11) is 0. The van der Waals surface area contributed by atoms with Crippen LogP contribution in [0.3, 0.4) is 0 Å². The number of rotatable bonds is 7. The van der Waals surface area contributed by atoms with Gasteiger partial charge >= 0.3 is 0 Å². The number of anilines is 2. The number of nitrogens with one attached hydrogen (secondary N) is 1. The first kappa shape index (κ1) is 16.9. The minimum Gasteiger partial charge on any atom is -0.397 e. The predicted molar refractivity (Wildman–Crippen MR) is 79.9 cm³/mol. The van der Waals surface area contributed by atoms with Crippen LogP contribution in [0.1, 0.15) is 13.8 Å². The quantitative estimate of drug-likeness (QED) is 0.647. The third-order valence-corrected chi connectivity index (χ3v) is 2.66. The van der Waals surface area contributed by atoms with Gasteiger partial charge in [0.05, 0.1) is 24.5 Å². The Morgan fingerprint density at radius 1 is 1.33 bits per heavy atom. The van der Waals surface area contributed by atoms with Crippen molar-refractivity contribution in [1.82, 2.24) is 4.90 Å². The number of halogens is 1. The molecule has 21 heavy (non-hydrogen) atoms. The van der Waals surface area contributed by atoms with Gasteiger partial charge in [-0.1, -0.05) is 13.8 Å². The van der Waals surface area contributed by atoms with Crippen molar-refractivity contribution >= 4 is 23.2 Å². The minimum absolute atomic E-state index is 0.00969. The molecule has 0 radical (unpaired) electrons. The van der Waals surface area contributed by atoms with E-state index in [0.717, 1.165) is 6.07 Å². The number of carbonyl (C=O) groups excluding carboxylic acids is 2. The predicted octanol–water partition coefficient (Wildman–Crippen LogP) is 0.790. The van der Waals surface area contributed by atoms with Crippen molar-refractivity contribution < 1.29 is 14.0 Å². The summed E-state index contributed by atoms with van der Waals surface area (Å²) in [5, 5.41) is 2.53. The van der Waals surface area contributed by atoms with Crippen LogP contribution >= 0.6 is 0 Å². The van der Waals surface area contributed by atoms with Crippen LogP contribution in [0.15, 0.2) is 18.2 Å². The first-order valence-electron chi connectivity index (χ1n) is 6.63. The Bertz CT molecular complexity index is 520. The molecule has 0 unspecified atom stereocenters. The monoisotopic (exact) mass is 296 g/mol. The Morgan fingerprint density at radius 3 is 2.57 bits per heavy atom. The molecule has 0 fully saturated rings. The van der Waals surface area contributed by atoms with Crippen LogP contribution in [0, 0.1) is 11.7 Å². The normalized spacial score (nSPS) is 10.9. The van der Waals surface area contributed by atoms with E-state index < -0.39 is 11.7 Å². The van der Waals surface area contributed by atoms with Gasteiger partial charge in [-0.2, -0.15) is 0 Å². The highest BCUT2D eigenvalue weighted by atomic mass is 19.1. The highest BCUT2D eigenvalue weighted by Crippen LogP contribution is 2.19. The maximum Gasteiger partial charge on any atom is 0.238 e. The Labute approximate surface area is 123 Å². The van der Waals surface area contributed by atoms with E-state index in [1.54, 1.807) is 4.90 Å². The molecule has 0 saturated carbocycles. The third kappa shape index (κ3) is 6.22. The van der Waals surface area contributed by atoms with E-state index in [1.807, 2.05) is 13.8 Å². The Hall–Kier alpha value is -2.15. The molecule has 2 amide bonds. The molecule has 0 bridgehead atoms. The molecule has 0 atom stereocenters. The lowest BCUT2D eigenvalue weighted by molar-refractivity contribution is -0.121. The summed E-state index contributed by atoms with van der Waals surface area (Å²) >= 11 is 0. The summed E-state index contributed by atoms with van der Waals surface area (Å²) in [6, 6.07) is 3.73. The maximum atomic E-state index is 13.1. The van der Waals surface area contributed by atoms with Gasteiger partial charge in [-0.15, -0.1) is 0 Å². The molecule has 7 heteroatoms. The fraction of sp³-hybridized carbons (Fsp3) is 0.429. The van der Waals surface area contributed by atoms with Crippen molar-refractivity contribution in [2.24, 2.45) is 11.7 Å². The average molecular weight is 296 g/mol. The molecule has 1 aromatic carbocycles. The van der Waals surface area contributed by atoms with Crippen LogP contribution in [0.5, 0.6) is 0 Å². The first-order valence-corrected chi connectivity index (χ1v) is 6.63. The molecular weight excluding hydrogens is 275 g/mol. The van der Waals surface area contributed by atoms with E-state index in [4.69, 9.17) is 11.5 Å². The molecule has 6 nitrogen and oxygen atoms in total. The van der Waals surface area contributed by atoms with Gasteiger partial charge < -0.3 is 16.8 Å². The fourth-order valence-electron chi connectivity index (χ4n) is 1.95. The third-order valence-electron chi connectivity index (χ3n) is 2.66. The van der Waals surface area contributed by atoms with Crippen molar-refractivity contribution in [3.63, 3.8) is 0 Å². The molecule has 0 aromatic heterocycles. The number of primary amides is 1. The van der Waals surface area contributed by atoms with Crippen LogP contribution < -0.4 is 16.8 Å². The van der Waals surface area contributed by atoms with Gasteiger partial charge in [-0.05, 0) is 24.1 Å². The first-order chi connectivity index (χ1) is 9.77. The summed E-state index contributed by atoms with van der Waals surface area (Å²) in [5.74, 6) is -1.10. The summed E-state index contributed by atoms with van der Waals surface area (Å²) < 4.78 is 13.1. The second-order valence-corrected chi connectivity index (χ2v) is 5.31. The van der Waals surface area contributed by atoms with Crippen LogP contribution in [0.25, 0.3) is 0 Å². The Morgan fingerprint density at radius 2 is 2.00 bits per heavy atom. The van der Waals surface area contributed by atoms with Gasteiger partial charge in [0.15, 0.2) is 0 Å². The summed E-state index contributed by atoms with van der Waals surface area (Å²) in [6.07, 6.45) is 0. The van der Waals surface area contributed by atoms with Gasteiger partial charge in [0.2, 0.25) is 11.8 Å². The molecule has 0 saturated heterocycles. The number of nitrogens with two attached hydrogens (primary N) is 2. The van der Waals surface area contributed by atoms with Crippen LogP contribution in [-0.2, 0) is 9.59 Å². The molecule has 116 valence electrons. The zero-order valence-corrected chi connectivity index (χ0v) is 12.2. The van der Waals surface area contributed by atoms with E-state index >= 15 is 0 Å². The molecule has 0 aliphatic rings. The van der Waals surface area contributed by atoms with Gasteiger partial charge in [0, 0.05) is 6.54 Å². The lowest BCUT2D eigenvalue weighted by atomic mass is 10.2. The summed E-state index contributed by atoms with van der Waals surface area (Å²) in [6.45, 7) is 4.46. The highest BCUT2D eigenvalue weighted by molar-refractivity contribution is 5.95. The summed E-state index contributed by atoms with van der Waals surface area (Å²) in [5.41, 5.74) is 11.3. The Kier molecular flexibility index (Phi) is 6.10. The number of amides is 2. The molecule has 0 heterocycles. The molecular formula is C14H21FN4O2. The summed E-state index contributed by atoms with van der Waals surface area (Å²) in [4.78, 5) is 24.6. The lowest BCUT2D eigenvalue weighted by Gasteiger charge is -2.22. The lowest BCUT2D eigenvalue weighted by Crippen LogP contribution is -2.41. The molecule has 1 aromatic rings. The van der Waals surface area contributed by atoms with Crippen molar-refractivity contribution in [2.45, 2.75) is 13.8 Å². The van der Waals surface area contributed by atoms with Gasteiger partial charge in [-0.3, -0.25) is 14.5 Å². The fourth-order valence-corrected chi connectivity index (χ4v) is 1.95. The zero-order valence-electron chi connectivity index (χ0n) is 12.2. The highest BCUT2D eigenvalue weighted by Gasteiger charge is 2.15. The molecule has 0 aliphatic carbocycles. The van der Waals surface area contributed by atoms with E-state index in [1.165, 1.54) is 12.1 Å². The van der Waals surface area contributed by atoms with E-state index in [2.05, 4.69) is 5.32 Å². The number of nitrogens with zero attached hydrogens (tertiary/aromatic N) is 1. The van der Waals surface area contributed by atoms with E-state index in [9.17, 15) is 14.0 Å². The molecule has 0 aliphatic heterocycles. The van der Waals surface area contributed by atoms with Crippen molar-refractivity contribution in [3.8, 4) is 0 Å². The van der Waals surface area contributed by atoms with Crippen LogP contribution in [0.2, 0.25) is 0 Å². The van der Waals surface area contributed by atoms with Crippen molar-refractivity contribution in [3.05, 3.63) is 24.0 Å². The standard InChI is InChI=1S/C14H21FN4O2/c1-9(2)6-19(7-13(17)20)8-14(21)18-12-5-10(15)3-4-11(12)16/h3-5,9H,6-8,16H2,1-2H3,(H2,17,20)(H,18,21). The van der Waals surface area contributed by atoms with Gasteiger partial charge in [0.25, 0.3) is 0 Å². The topological polar surface area (TPSA) is 101 Å². The average Bonchev–Trinajstić information content (AvgIpc) is 2.31. The van der Waals surface area contributed by atoms with E-state index in [-0.39, 0.29) is 36.3 Å². The second-order valence-electron chi connectivity index (χ2n) is 5.31. The van der Waals surface area contributed by atoms with Crippen molar-refractivity contribution in [2.75, 3.05) is 30.7 Å².